The van der Waals surface area contributed by atoms with Crippen LogP contribution in [0.25, 0.3) is 0 Å². The molecule has 0 saturated carbocycles. The lowest BCUT2D eigenvalue weighted by Crippen LogP contribution is -2.45. The van der Waals surface area contributed by atoms with E-state index in [1.807, 2.05) is 37.6 Å². The van der Waals surface area contributed by atoms with Crippen LogP contribution in [0.5, 0.6) is 0 Å². The van der Waals surface area contributed by atoms with Gasteiger partial charge in [0.05, 0.1) is 19.8 Å². The maximum Gasteiger partial charge on any atom is 0.242 e. The van der Waals surface area contributed by atoms with E-state index in [1.165, 1.54) is 5.57 Å². The summed E-state index contributed by atoms with van der Waals surface area (Å²) in [6.07, 6.45) is 4.11. The number of carbonyl (C=O) groups excluding carboxylic acids is 1. The van der Waals surface area contributed by atoms with Crippen molar-refractivity contribution in [3.63, 3.8) is 0 Å². The van der Waals surface area contributed by atoms with Crippen molar-refractivity contribution < 1.29 is 9.53 Å². The van der Waals surface area contributed by atoms with Gasteiger partial charge in [0, 0.05) is 33.2 Å². The molecule has 0 aromatic carbocycles. The van der Waals surface area contributed by atoms with Crippen molar-refractivity contribution in [3.8, 4) is 0 Å². The van der Waals surface area contributed by atoms with Crippen molar-refractivity contribution in [2.75, 3.05) is 53.0 Å². The Kier molecular flexibility index (Phi) is 13.0. The van der Waals surface area contributed by atoms with Crippen LogP contribution in [-0.2, 0) is 9.53 Å². The Labute approximate surface area is 163 Å². The zero-order valence-corrected chi connectivity index (χ0v) is 17.8. The van der Waals surface area contributed by atoms with Gasteiger partial charge in [-0.2, -0.15) is 0 Å². The summed E-state index contributed by atoms with van der Waals surface area (Å²) < 4.78 is 5.32. The van der Waals surface area contributed by atoms with Crippen LogP contribution < -0.4 is 5.32 Å². The fourth-order valence-electron chi connectivity index (χ4n) is 2.52. The summed E-state index contributed by atoms with van der Waals surface area (Å²) in [5, 5.41) is 3.26. The minimum atomic E-state index is 0. The molecule has 1 rings (SSSR count). The number of hydrogen-bond donors (Lipinski definition) is 1. The molecule has 6 nitrogen and oxygen atoms in total. The number of carbonyl (C=O) groups is 1. The number of nitrogens with zero attached hydrogens (tertiary/aromatic N) is 3. The van der Waals surface area contributed by atoms with Crippen molar-refractivity contribution in [1.29, 1.82) is 0 Å². The third kappa shape index (κ3) is 8.32. The predicted octanol–water partition coefficient (Wildman–Crippen LogP) is 2.11. The maximum absolute atomic E-state index is 12.2. The molecule has 140 valence electrons. The van der Waals surface area contributed by atoms with Gasteiger partial charge in [0.25, 0.3) is 0 Å². The highest BCUT2D eigenvalue weighted by molar-refractivity contribution is 14.0. The molecule has 0 radical (unpaired) electrons. The Hall–Kier alpha value is -0.830. The van der Waals surface area contributed by atoms with E-state index >= 15 is 0 Å². The lowest BCUT2D eigenvalue weighted by Gasteiger charge is -2.25. The van der Waals surface area contributed by atoms with Gasteiger partial charge in [-0.3, -0.25) is 9.79 Å². The van der Waals surface area contributed by atoms with Crippen LogP contribution in [0.4, 0.5) is 0 Å². The highest BCUT2D eigenvalue weighted by atomic mass is 127. The third-order valence-corrected chi connectivity index (χ3v) is 3.94. The Morgan fingerprint density at radius 2 is 2.04 bits per heavy atom. The fourth-order valence-corrected chi connectivity index (χ4v) is 2.52. The van der Waals surface area contributed by atoms with Crippen LogP contribution in [0.2, 0.25) is 0 Å². The van der Waals surface area contributed by atoms with Crippen molar-refractivity contribution in [3.05, 3.63) is 11.6 Å². The topological polar surface area (TPSA) is 57.2 Å². The zero-order chi connectivity index (χ0) is 17.1. The molecule has 1 aliphatic rings. The van der Waals surface area contributed by atoms with Gasteiger partial charge in [0.1, 0.15) is 0 Å². The minimum absolute atomic E-state index is 0. The number of ether oxygens (including phenoxy) is 1. The second-order valence-electron chi connectivity index (χ2n) is 5.60. The number of amides is 1. The molecule has 1 amide bonds. The number of aliphatic imine (C=N–C) groups is 1. The second kappa shape index (κ2) is 13.5. The van der Waals surface area contributed by atoms with Crippen LogP contribution in [-0.4, -0.2) is 74.7 Å². The molecule has 0 aromatic heterocycles. The Morgan fingerprint density at radius 3 is 2.58 bits per heavy atom. The van der Waals surface area contributed by atoms with E-state index in [4.69, 9.17) is 4.74 Å². The molecule has 0 fully saturated rings. The molecular formula is C17H33IN4O2. The van der Waals surface area contributed by atoms with Crippen LogP contribution >= 0.6 is 24.0 Å². The van der Waals surface area contributed by atoms with E-state index in [-0.39, 0.29) is 29.9 Å². The van der Waals surface area contributed by atoms with Gasteiger partial charge >= 0.3 is 0 Å². The summed E-state index contributed by atoms with van der Waals surface area (Å²) >= 11 is 0. The van der Waals surface area contributed by atoms with Crippen molar-refractivity contribution in [1.82, 2.24) is 15.1 Å². The van der Waals surface area contributed by atoms with Gasteiger partial charge in [-0.15, -0.1) is 24.0 Å². The molecule has 1 N–H and O–H groups in total. The summed E-state index contributed by atoms with van der Waals surface area (Å²) in [6.45, 7) is 10.9. The van der Waals surface area contributed by atoms with Crippen LogP contribution in [0.3, 0.4) is 0 Å². The zero-order valence-electron chi connectivity index (χ0n) is 15.5. The lowest BCUT2D eigenvalue weighted by molar-refractivity contribution is -0.131. The first-order chi connectivity index (χ1) is 11.1. The summed E-state index contributed by atoms with van der Waals surface area (Å²) in [4.78, 5) is 20.6. The standard InChI is InChI=1S/C17H32N4O2.HI/c1-5-18-17(19-11-8-15-9-12-23-13-10-15)20(4)14-16(22)21(6-2)7-3;/h9H,5-8,10-14H2,1-4H3,(H,18,19);1H. The van der Waals surface area contributed by atoms with Gasteiger partial charge < -0.3 is 19.9 Å². The van der Waals surface area contributed by atoms with E-state index in [2.05, 4.69) is 16.4 Å². The molecule has 0 unspecified atom stereocenters. The molecule has 0 aliphatic carbocycles. The molecular weight excluding hydrogens is 419 g/mol. The predicted molar refractivity (Wildman–Crippen MR) is 110 cm³/mol. The SMILES string of the molecule is CCNC(=NCCC1=CCOCC1)N(C)CC(=O)N(CC)CC.I. The normalized spacial score (nSPS) is 14.5. The number of rotatable bonds is 8. The Morgan fingerprint density at radius 1 is 1.33 bits per heavy atom. The van der Waals surface area contributed by atoms with Crippen molar-refractivity contribution in [2.24, 2.45) is 4.99 Å². The fraction of sp³-hybridized carbons (Fsp3) is 0.765. The summed E-state index contributed by atoms with van der Waals surface area (Å²) in [5.41, 5.74) is 1.41. The first-order valence-electron chi connectivity index (χ1n) is 8.65. The second-order valence-corrected chi connectivity index (χ2v) is 5.60. The first-order valence-corrected chi connectivity index (χ1v) is 8.65. The van der Waals surface area contributed by atoms with Crippen LogP contribution in [0, 0.1) is 0 Å². The highest BCUT2D eigenvalue weighted by Gasteiger charge is 2.15. The Bertz CT molecular complexity index is 423. The largest absolute Gasteiger partial charge is 0.377 e. The summed E-state index contributed by atoms with van der Waals surface area (Å²) in [7, 11) is 1.91. The van der Waals surface area contributed by atoms with E-state index in [1.54, 1.807) is 0 Å². The lowest BCUT2D eigenvalue weighted by atomic mass is 10.1. The molecule has 1 aliphatic heterocycles. The number of hydrogen-bond acceptors (Lipinski definition) is 3. The monoisotopic (exact) mass is 452 g/mol. The molecule has 0 aromatic rings. The average molecular weight is 452 g/mol. The quantitative estimate of drug-likeness (QED) is 0.265. The highest BCUT2D eigenvalue weighted by Crippen LogP contribution is 2.11. The van der Waals surface area contributed by atoms with Crippen molar-refractivity contribution >= 4 is 35.8 Å². The van der Waals surface area contributed by atoms with Gasteiger partial charge in [-0.05, 0) is 33.6 Å². The van der Waals surface area contributed by atoms with Gasteiger partial charge in [0.2, 0.25) is 5.91 Å². The molecule has 0 atom stereocenters. The number of halogens is 1. The van der Waals surface area contributed by atoms with E-state index in [0.717, 1.165) is 58.2 Å². The maximum atomic E-state index is 12.2. The first kappa shape index (κ1) is 23.2. The van der Waals surface area contributed by atoms with Gasteiger partial charge in [-0.1, -0.05) is 11.6 Å². The van der Waals surface area contributed by atoms with Crippen LogP contribution in [0.15, 0.2) is 16.6 Å². The number of likely N-dealkylation sites (N-methyl/N-ethyl adjacent to an activating group) is 2. The molecule has 24 heavy (non-hydrogen) atoms. The number of nitrogens with one attached hydrogen (secondary N) is 1. The third-order valence-electron chi connectivity index (χ3n) is 3.94. The van der Waals surface area contributed by atoms with E-state index in [0.29, 0.717) is 6.54 Å². The summed E-state index contributed by atoms with van der Waals surface area (Å²) in [5.74, 6) is 0.927. The van der Waals surface area contributed by atoms with Gasteiger partial charge in [0.15, 0.2) is 5.96 Å². The molecule has 0 spiro atoms. The van der Waals surface area contributed by atoms with E-state index < -0.39 is 0 Å². The molecule has 0 bridgehead atoms. The molecule has 0 saturated heterocycles. The molecule has 7 heteroatoms. The molecule has 1 heterocycles. The van der Waals surface area contributed by atoms with E-state index in [9.17, 15) is 4.79 Å². The van der Waals surface area contributed by atoms with Gasteiger partial charge in [-0.25, -0.2) is 0 Å². The van der Waals surface area contributed by atoms with Crippen molar-refractivity contribution in [2.45, 2.75) is 33.6 Å². The smallest absolute Gasteiger partial charge is 0.242 e. The number of guanidine groups is 1. The average Bonchev–Trinajstić information content (AvgIpc) is 2.56. The Balaban J connectivity index is 0.00000529. The summed E-state index contributed by atoms with van der Waals surface area (Å²) in [6, 6.07) is 0. The minimum Gasteiger partial charge on any atom is -0.377 e. The van der Waals surface area contributed by atoms with Crippen LogP contribution in [0.1, 0.15) is 33.6 Å².